The molecule has 3 nitrogen and oxygen atoms in total. The highest BCUT2D eigenvalue weighted by Crippen LogP contribution is 2.33. The Morgan fingerprint density at radius 3 is 2.09 bits per heavy atom. The maximum atomic E-state index is 5.30. The van der Waals surface area contributed by atoms with E-state index in [4.69, 9.17) is 11.4 Å². The average Bonchev–Trinajstić information content (AvgIpc) is 2.62. The molecule has 1 aromatic heterocycles. The summed E-state index contributed by atoms with van der Waals surface area (Å²) in [5.41, 5.74) is 1.75. The molecular weight excluding hydrogens is 302 g/mol. The summed E-state index contributed by atoms with van der Waals surface area (Å²) in [5.74, 6) is 3.43. The predicted octanol–water partition coefficient (Wildman–Crippen LogP) is 4.45. The minimum Gasteiger partial charge on any atom is -0.219 e. The van der Waals surface area contributed by atoms with Gasteiger partial charge in [-0.3, -0.25) is 0 Å². The van der Waals surface area contributed by atoms with Gasteiger partial charge in [-0.05, 0) is 10.8 Å². The molecule has 3 aromatic carbocycles. The molecule has 0 atom stereocenters. The highest BCUT2D eigenvalue weighted by molar-refractivity contribution is 7.99. The summed E-state index contributed by atoms with van der Waals surface area (Å²) in [6.45, 7) is 0. The molecular formula is C19H13N3S. The van der Waals surface area contributed by atoms with Gasteiger partial charge in [0.05, 0.1) is 0 Å². The fraction of sp³-hybridized carbons (Fsp3) is 0.105. The minimum atomic E-state index is 0.674. The molecule has 0 saturated heterocycles. The van der Waals surface area contributed by atoms with Crippen LogP contribution in [0.2, 0.25) is 0 Å². The van der Waals surface area contributed by atoms with Gasteiger partial charge in [0.15, 0.2) is 0 Å². The molecule has 4 aromatic rings. The summed E-state index contributed by atoms with van der Waals surface area (Å²) in [6.07, 6.45) is 6.00. The minimum absolute atomic E-state index is 0.674. The van der Waals surface area contributed by atoms with Crippen LogP contribution < -0.4 is 0 Å². The molecule has 0 bridgehead atoms. The van der Waals surface area contributed by atoms with Crippen LogP contribution in [0.3, 0.4) is 0 Å². The first-order valence-corrected chi connectivity index (χ1v) is 8.37. The molecule has 0 N–H and O–H groups in total. The first-order valence-electron chi connectivity index (χ1n) is 7.38. The first kappa shape index (κ1) is 14.0. The smallest absolute Gasteiger partial charge is 0.209 e. The maximum absolute atomic E-state index is 5.30. The Morgan fingerprint density at radius 2 is 1.43 bits per heavy atom. The third kappa shape index (κ3) is 2.39. The van der Waals surface area contributed by atoms with Crippen molar-refractivity contribution in [3.8, 4) is 12.3 Å². The molecule has 0 spiro atoms. The van der Waals surface area contributed by atoms with Crippen LogP contribution in [-0.4, -0.2) is 20.9 Å². The lowest BCUT2D eigenvalue weighted by Gasteiger charge is -2.08. The zero-order valence-corrected chi connectivity index (χ0v) is 13.2. The van der Waals surface area contributed by atoms with E-state index < -0.39 is 0 Å². The summed E-state index contributed by atoms with van der Waals surface area (Å²) in [4.78, 5) is 4.75. The molecule has 0 aliphatic rings. The molecule has 23 heavy (non-hydrogen) atoms. The molecule has 0 saturated carbocycles. The SMILES string of the molecule is C#CCCSc1nnc2c3ccccc3c3ccccc3c2n1. The summed E-state index contributed by atoms with van der Waals surface area (Å²) < 4.78 is 0. The van der Waals surface area contributed by atoms with Gasteiger partial charge in [0.25, 0.3) is 0 Å². The summed E-state index contributed by atoms with van der Waals surface area (Å²) in [7, 11) is 0. The Balaban J connectivity index is 2.03. The standard InChI is InChI=1S/C19H13N3S/c1-2-3-12-23-19-20-17-15-10-6-4-8-13(15)14-9-5-7-11-16(14)18(17)21-22-19/h1,4-11H,3,12H2. The number of benzene rings is 3. The molecule has 4 heteroatoms. The highest BCUT2D eigenvalue weighted by Gasteiger charge is 2.11. The van der Waals surface area contributed by atoms with Crippen molar-refractivity contribution in [2.75, 3.05) is 5.75 Å². The van der Waals surface area contributed by atoms with Crippen molar-refractivity contribution in [2.24, 2.45) is 0 Å². The van der Waals surface area contributed by atoms with Gasteiger partial charge in [-0.2, -0.15) is 0 Å². The zero-order chi connectivity index (χ0) is 15.6. The predicted molar refractivity (Wildman–Crippen MR) is 96.5 cm³/mol. The highest BCUT2D eigenvalue weighted by atomic mass is 32.2. The number of aromatic nitrogens is 3. The fourth-order valence-electron chi connectivity index (χ4n) is 2.79. The van der Waals surface area contributed by atoms with Crippen molar-refractivity contribution in [3.63, 3.8) is 0 Å². The van der Waals surface area contributed by atoms with E-state index in [1.165, 1.54) is 10.8 Å². The van der Waals surface area contributed by atoms with Gasteiger partial charge in [0.2, 0.25) is 5.16 Å². The van der Waals surface area contributed by atoms with E-state index in [0.29, 0.717) is 11.6 Å². The normalized spacial score (nSPS) is 11.1. The monoisotopic (exact) mass is 315 g/mol. The number of rotatable bonds is 3. The Hall–Kier alpha value is -2.64. The van der Waals surface area contributed by atoms with E-state index in [1.807, 2.05) is 18.2 Å². The second kappa shape index (κ2) is 5.86. The van der Waals surface area contributed by atoms with E-state index in [9.17, 15) is 0 Å². The van der Waals surface area contributed by atoms with Gasteiger partial charge < -0.3 is 0 Å². The molecule has 0 aliphatic heterocycles. The first-order chi connectivity index (χ1) is 11.4. The van der Waals surface area contributed by atoms with Crippen LogP contribution in [0, 0.1) is 12.3 Å². The van der Waals surface area contributed by atoms with Gasteiger partial charge in [-0.25, -0.2) is 4.98 Å². The lowest BCUT2D eigenvalue weighted by molar-refractivity contribution is 0.883. The lowest BCUT2D eigenvalue weighted by atomic mass is 10.00. The van der Waals surface area contributed by atoms with E-state index in [0.717, 1.165) is 27.6 Å². The lowest BCUT2D eigenvalue weighted by Crippen LogP contribution is -1.95. The van der Waals surface area contributed by atoms with E-state index in [-0.39, 0.29) is 0 Å². The molecule has 0 unspecified atom stereocenters. The van der Waals surface area contributed by atoms with Crippen LogP contribution in [0.15, 0.2) is 53.7 Å². The summed E-state index contributed by atoms with van der Waals surface area (Å²) in [6, 6.07) is 16.6. The van der Waals surface area contributed by atoms with Gasteiger partial charge in [0, 0.05) is 22.9 Å². The Labute approximate surface area is 138 Å². The van der Waals surface area contributed by atoms with E-state index >= 15 is 0 Å². The van der Waals surface area contributed by atoms with Gasteiger partial charge in [0.1, 0.15) is 11.0 Å². The largest absolute Gasteiger partial charge is 0.219 e. The van der Waals surface area contributed by atoms with Crippen LogP contribution >= 0.6 is 11.8 Å². The van der Waals surface area contributed by atoms with Crippen LogP contribution in [0.25, 0.3) is 32.6 Å². The van der Waals surface area contributed by atoms with Crippen molar-refractivity contribution in [1.29, 1.82) is 0 Å². The van der Waals surface area contributed by atoms with E-state index in [2.05, 4.69) is 46.4 Å². The van der Waals surface area contributed by atoms with Gasteiger partial charge in [-0.1, -0.05) is 60.3 Å². The second-order valence-electron chi connectivity index (χ2n) is 5.19. The molecule has 0 aliphatic carbocycles. The summed E-state index contributed by atoms with van der Waals surface area (Å²) >= 11 is 1.55. The van der Waals surface area contributed by atoms with Crippen molar-refractivity contribution in [2.45, 2.75) is 11.6 Å². The Kier molecular flexibility index (Phi) is 3.57. The molecule has 1 heterocycles. The summed E-state index contributed by atoms with van der Waals surface area (Å²) in [5, 5.41) is 14.0. The van der Waals surface area contributed by atoms with Crippen molar-refractivity contribution in [1.82, 2.24) is 15.2 Å². The van der Waals surface area contributed by atoms with Crippen LogP contribution in [0.5, 0.6) is 0 Å². The van der Waals surface area contributed by atoms with Crippen molar-refractivity contribution in [3.05, 3.63) is 48.5 Å². The quantitative estimate of drug-likeness (QED) is 0.242. The Morgan fingerprint density at radius 1 is 0.826 bits per heavy atom. The third-order valence-corrected chi connectivity index (χ3v) is 4.64. The molecule has 0 amide bonds. The van der Waals surface area contributed by atoms with Crippen LogP contribution in [0.1, 0.15) is 6.42 Å². The third-order valence-electron chi connectivity index (χ3n) is 3.80. The fourth-order valence-corrected chi connectivity index (χ4v) is 3.45. The number of hydrogen-bond donors (Lipinski definition) is 0. The number of nitrogens with zero attached hydrogens (tertiary/aromatic N) is 3. The van der Waals surface area contributed by atoms with Gasteiger partial charge in [-0.15, -0.1) is 22.5 Å². The van der Waals surface area contributed by atoms with E-state index in [1.54, 1.807) is 11.8 Å². The molecule has 0 fully saturated rings. The zero-order valence-electron chi connectivity index (χ0n) is 12.4. The number of fused-ring (bicyclic) bond motifs is 6. The van der Waals surface area contributed by atoms with Crippen molar-refractivity contribution < 1.29 is 0 Å². The number of thioether (sulfide) groups is 1. The Bertz CT molecular complexity index is 1030. The molecule has 110 valence electrons. The maximum Gasteiger partial charge on any atom is 0.209 e. The van der Waals surface area contributed by atoms with Crippen molar-refractivity contribution >= 4 is 44.3 Å². The van der Waals surface area contributed by atoms with Crippen LogP contribution in [0.4, 0.5) is 0 Å². The van der Waals surface area contributed by atoms with Crippen LogP contribution in [-0.2, 0) is 0 Å². The molecule has 0 radical (unpaired) electrons. The average molecular weight is 315 g/mol. The number of hydrogen-bond acceptors (Lipinski definition) is 4. The molecule has 4 rings (SSSR count). The van der Waals surface area contributed by atoms with Gasteiger partial charge >= 0.3 is 0 Å². The second-order valence-corrected chi connectivity index (χ2v) is 6.25. The number of terminal acetylenes is 1. The topological polar surface area (TPSA) is 38.7 Å².